The van der Waals surface area contributed by atoms with E-state index in [4.69, 9.17) is 4.52 Å². The summed E-state index contributed by atoms with van der Waals surface area (Å²) in [7, 11) is -3.89. The van der Waals surface area contributed by atoms with Crippen LogP contribution in [0.5, 0.6) is 0 Å². The van der Waals surface area contributed by atoms with Crippen molar-refractivity contribution in [3.05, 3.63) is 71.7 Å². The smallest absolute Gasteiger partial charge is 0.341 e. The first kappa shape index (κ1) is 18.7. The van der Waals surface area contributed by atoms with Crippen molar-refractivity contribution in [3.8, 4) is 11.3 Å². The van der Waals surface area contributed by atoms with Crippen LogP contribution in [-0.4, -0.2) is 24.7 Å². The van der Waals surface area contributed by atoms with Crippen LogP contribution in [0.3, 0.4) is 0 Å². The zero-order valence-electron chi connectivity index (χ0n) is 14.1. The Hall–Kier alpha value is -3.04. The zero-order chi connectivity index (χ0) is 19.6. The molecule has 0 fully saturated rings. The Morgan fingerprint density at radius 1 is 1.15 bits per heavy atom. The minimum atomic E-state index is -3.89. The van der Waals surface area contributed by atoms with Crippen molar-refractivity contribution in [2.45, 2.75) is 17.9 Å². The number of aromatic carboxylic acids is 1. The third-order valence-electron chi connectivity index (χ3n) is 3.83. The summed E-state index contributed by atoms with van der Waals surface area (Å²) >= 11 is 0. The number of carboxylic acid groups (broad SMARTS) is 1. The fourth-order valence-corrected chi connectivity index (χ4v) is 3.79. The first-order valence-corrected chi connectivity index (χ1v) is 9.34. The zero-order valence-corrected chi connectivity index (χ0v) is 14.9. The molecule has 0 aliphatic heterocycles. The maximum atomic E-state index is 13.1. The van der Waals surface area contributed by atoms with E-state index in [1.54, 1.807) is 18.2 Å². The third-order valence-corrected chi connectivity index (χ3v) is 5.39. The van der Waals surface area contributed by atoms with E-state index in [0.29, 0.717) is 5.56 Å². The molecule has 1 atom stereocenters. The van der Waals surface area contributed by atoms with Crippen LogP contribution in [0.1, 0.15) is 29.1 Å². The molecule has 0 spiro atoms. The van der Waals surface area contributed by atoms with Crippen LogP contribution < -0.4 is 4.72 Å². The predicted octanol–water partition coefficient (Wildman–Crippen LogP) is 3.22. The van der Waals surface area contributed by atoms with Gasteiger partial charge in [0.15, 0.2) is 5.76 Å². The van der Waals surface area contributed by atoms with E-state index >= 15 is 0 Å². The Balaban J connectivity index is 1.97. The molecule has 140 valence electrons. The molecular weight excluding hydrogens is 375 g/mol. The first-order valence-electron chi connectivity index (χ1n) is 7.86. The lowest BCUT2D eigenvalue weighted by Gasteiger charge is -2.12. The Labute approximate surface area is 154 Å². The number of benzene rings is 2. The monoisotopic (exact) mass is 390 g/mol. The van der Waals surface area contributed by atoms with E-state index in [1.807, 2.05) is 0 Å². The second-order valence-electron chi connectivity index (χ2n) is 5.74. The predicted molar refractivity (Wildman–Crippen MR) is 94.0 cm³/mol. The number of hydrogen-bond acceptors (Lipinski definition) is 5. The Morgan fingerprint density at radius 2 is 1.78 bits per heavy atom. The van der Waals surface area contributed by atoms with Gasteiger partial charge in [0.1, 0.15) is 17.1 Å². The SMILES string of the molecule is CC(NS(=O)(=O)c1ccccc1)c1onc(-c2ccc(F)cc2)c1C(=O)O. The van der Waals surface area contributed by atoms with Gasteiger partial charge in [-0.15, -0.1) is 0 Å². The fraction of sp³-hybridized carbons (Fsp3) is 0.111. The van der Waals surface area contributed by atoms with Crippen LogP contribution >= 0.6 is 0 Å². The van der Waals surface area contributed by atoms with Gasteiger partial charge in [-0.25, -0.2) is 22.3 Å². The summed E-state index contributed by atoms with van der Waals surface area (Å²) < 4.78 is 45.5. The first-order chi connectivity index (χ1) is 12.8. The number of hydrogen-bond donors (Lipinski definition) is 2. The van der Waals surface area contributed by atoms with Crippen LogP contribution in [0.2, 0.25) is 0 Å². The number of carboxylic acids is 1. The van der Waals surface area contributed by atoms with Crippen LogP contribution in [0.25, 0.3) is 11.3 Å². The molecule has 1 unspecified atom stereocenters. The minimum Gasteiger partial charge on any atom is -0.477 e. The second kappa shape index (κ2) is 7.29. The number of carbonyl (C=O) groups is 1. The summed E-state index contributed by atoms with van der Waals surface area (Å²) in [5, 5.41) is 13.3. The molecule has 1 heterocycles. The van der Waals surface area contributed by atoms with Crippen molar-refractivity contribution in [2.75, 3.05) is 0 Å². The molecule has 0 bridgehead atoms. The molecule has 2 aromatic carbocycles. The summed E-state index contributed by atoms with van der Waals surface area (Å²) in [5.74, 6) is -1.97. The average molecular weight is 390 g/mol. The van der Waals surface area contributed by atoms with E-state index in [0.717, 1.165) is 12.1 Å². The molecule has 0 saturated carbocycles. The maximum Gasteiger partial charge on any atom is 0.341 e. The van der Waals surface area contributed by atoms with Crippen LogP contribution in [-0.2, 0) is 10.0 Å². The number of halogens is 1. The van der Waals surface area contributed by atoms with Crippen molar-refractivity contribution in [1.82, 2.24) is 9.88 Å². The van der Waals surface area contributed by atoms with E-state index < -0.39 is 27.9 Å². The lowest BCUT2D eigenvalue weighted by Crippen LogP contribution is -2.27. The highest BCUT2D eigenvalue weighted by molar-refractivity contribution is 7.89. The van der Waals surface area contributed by atoms with E-state index in [2.05, 4.69) is 9.88 Å². The molecule has 7 nitrogen and oxygen atoms in total. The second-order valence-corrected chi connectivity index (χ2v) is 7.45. The van der Waals surface area contributed by atoms with Crippen LogP contribution in [0.4, 0.5) is 4.39 Å². The van der Waals surface area contributed by atoms with Gasteiger partial charge < -0.3 is 9.63 Å². The van der Waals surface area contributed by atoms with Gasteiger partial charge in [0.25, 0.3) is 0 Å². The van der Waals surface area contributed by atoms with E-state index in [9.17, 15) is 22.7 Å². The quantitative estimate of drug-likeness (QED) is 0.669. The minimum absolute atomic E-state index is 0.0109. The van der Waals surface area contributed by atoms with Gasteiger partial charge in [-0.2, -0.15) is 0 Å². The molecule has 0 radical (unpaired) electrons. The van der Waals surface area contributed by atoms with Gasteiger partial charge in [-0.3, -0.25) is 0 Å². The van der Waals surface area contributed by atoms with Gasteiger partial charge in [0.2, 0.25) is 10.0 Å². The summed E-state index contributed by atoms with van der Waals surface area (Å²) in [6.07, 6.45) is 0. The molecular formula is C18H15FN2O5S. The maximum absolute atomic E-state index is 13.1. The number of sulfonamides is 1. The van der Waals surface area contributed by atoms with Gasteiger partial charge in [0, 0.05) is 5.56 Å². The molecule has 0 saturated heterocycles. The fourth-order valence-electron chi connectivity index (χ4n) is 2.56. The Kier molecular flexibility index (Phi) is 5.06. The van der Waals surface area contributed by atoms with Crippen molar-refractivity contribution in [3.63, 3.8) is 0 Å². The molecule has 27 heavy (non-hydrogen) atoms. The van der Waals surface area contributed by atoms with E-state index in [-0.39, 0.29) is 21.9 Å². The Morgan fingerprint density at radius 3 is 2.37 bits per heavy atom. The topological polar surface area (TPSA) is 110 Å². The highest BCUT2D eigenvalue weighted by Crippen LogP contribution is 2.30. The third kappa shape index (κ3) is 3.88. The summed E-state index contributed by atoms with van der Waals surface area (Å²) in [4.78, 5) is 11.8. The number of nitrogens with zero attached hydrogens (tertiary/aromatic N) is 1. The highest BCUT2D eigenvalue weighted by Gasteiger charge is 2.29. The lowest BCUT2D eigenvalue weighted by molar-refractivity contribution is 0.0694. The highest BCUT2D eigenvalue weighted by atomic mass is 32.2. The average Bonchev–Trinajstić information content (AvgIpc) is 3.08. The van der Waals surface area contributed by atoms with Crippen molar-refractivity contribution in [2.24, 2.45) is 0 Å². The van der Waals surface area contributed by atoms with Gasteiger partial charge in [0.05, 0.1) is 10.9 Å². The number of aromatic nitrogens is 1. The molecule has 0 aliphatic rings. The summed E-state index contributed by atoms with van der Waals surface area (Å²) in [6.45, 7) is 1.45. The normalized spacial score (nSPS) is 12.7. The largest absolute Gasteiger partial charge is 0.477 e. The van der Waals surface area contributed by atoms with Crippen molar-refractivity contribution >= 4 is 16.0 Å². The van der Waals surface area contributed by atoms with Gasteiger partial charge in [-0.1, -0.05) is 23.4 Å². The molecule has 2 N–H and O–H groups in total. The molecule has 3 rings (SSSR count). The molecule has 0 amide bonds. The number of rotatable bonds is 6. The standard InChI is InChI=1S/C18H15FN2O5S/c1-11(21-27(24,25)14-5-3-2-4-6-14)17-15(18(22)23)16(20-26-17)12-7-9-13(19)10-8-12/h2-11,21H,1H3,(H,22,23). The lowest BCUT2D eigenvalue weighted by atomic mass is 10.0. The van der Waals surface area contributed by atoms with Crippen LogP contribution in [0, 0.1) is 5.82 Å². The van der Waals surface area contributed by atoms with Crippen LogP contribution in [0.15, 0.2) is 64.0 Å². The van der Waals surface area contributed by atoms with E-state index in [1.165, 1.54) is 31.2 Å². The van der Waals surface area contributed by atoms with Gasteiger partial charge in [-0.05, 0) is 43.3 Å². The number of nitrogens with one attached hydrogen (secondary N) is 1. The molecule has 1 aromatic heterocycles. The molecule has 9 heteroatoms. The van der Waals surface area contributed by atoms with Crippen molar-refractivity contribution in [1.29, 1.82) is 0 Å². The molecule has 0 aliphatic carbocycles. The summed E-state index contributed by atoms with van der Waals surface area (Å²) in [5.41, 5.74) is 0.0371. The van der Waals surface area contributed by atoms with Gasteiger partial charge >= 0.3 is 5.97 Å². The van der Waals surface area contributed by atoms with Crippen molar-refractivity contribution < 1.29 is 27.2 Å². The Bertz CT molecular complexity index is 1060. The summed E-state index contributed by atoms with van der Waals surface area (Å²) in [6, 6.07) is 11.7. The molecule has 3 aromatic rings.